The highest BCUT2D eigenvalue weighted by Crippen LogP contribution is 2.53. The second kappa shape index (κ2) is 4.76. The number of halogens is 1. The Balaban J connectivity index is 1.62. The molecule has 112 valence electrons. The van der Waals surface area contributed by atoms with E-state index in [1.807, 2.05) is 24.3 Å². The first-order valence-electron chi connectivity index (χ1n) is 8.01. The summed E-state index contributed by atoms with van der Waals surface area (Å²) in [4.78, 5) is 0. The third-order valence-corrected chi connectivity index (χ3v) is 5.97. The molecule has 0 atom stereocenters. The van der Waals surface area contributed by atoms with Gasteiger partial charge in [0.1, 0.15) is 16.9 Å². The van der Waals surface area contributed by atoms with E-state index in [9.17, 15) is 5.11 Å². The Bertz CT molecular complexity index is 657. The molecule has 2 aliphatic carbocycles. The predicted molar refractivity (Wildman–Crippen MR) is 84.5 cm³/mol. The van der Waals surface area contributed by atoms with Gasteiger partial charge in [0.25, 0.3) is 0 Å². The maximum atomic E-state index is 11.0. The van der Waals surface area contributed by atoms with Crippen molar-refractivity contribution in [1.82, 2.24) is 0 Å². The Hall–Kier alpha value is -0.990. The Morgan fingerprint density at radius 3 is 2.38 bits per heavy atom. The lowest BCUT2D eigenvalue weighted by atomic mass is 9.67. The van der Waals surface area contributed by atoms with E-state index in [4.69, 9.17) is 16.0 Å². The molecular formula is C18H21ClO2. The highest BCUT2D eigenvalue weighted by atomic mass is 35.5. The summed E-state index contributed by atoms with van der Waals surface area (Å²) in [6.07, 6.45) is 9.31. The summed E-state index contributed by atoms with van der Waals surface area (Å²) in [6.45, 7) is 0. The molecule has 1 aromatic heterocycles. The Morgan fingerprint density at radius 1 is 0.952 bits per heavy atom. The van der Waals surface area contributed by atoms with Crippen LogP contribution in [0.25, 0.3) is 11.0 Å². The molecule has 0 unspecified atom stereocenters. The van der Waals surface area contributed by atoms with Crippen molar-refractivity contribution in [2.24, 2.45) is 5.41 Å². The van der Waals surface area contributed by atoms with Crippen molar-refractivity contribution < 1.29 is 9.52 Å². The van der Waals surface area contributed by atoms with Crippen molar-refractivity contribution in [3.63, 3.8) is 0 Å². The number of hydrogen-bond acceptors (Lipinski definition) is 2. The topological polar surface area (TPSA) is 33.4 Å². The molecule has 2 nitrogen and oxygen atoms in total. The summed E-state index contributed by atoms with van der Waals surface area (Å²) in [6, 6.07) is 7.57. The van der Waals surface area contributed by atoms with E-state index >= 15 is 0 Å². The van der Waals surface area contributed by atoms with E-state index in [-0.39, 0.29) is 0 Å². The Kier molecular flexibility index (Phi) is 3.09. The number of rotatable bonds is 1. The van der Waals surface area contributed by atoms with Crippen LogP contribution in [-0.2, 0) is 5.60 Å². The van der Waals surface area contributed by atoms with E-state index in [1.54, 1.807) is 0 Å². The standard InChI is InChI=1S/C18H21ClO2/c19-14-3-4-15-13(11-14)12-16(21-15)18(20)9-7-17(8-10-18)5-1-2-6-17/h3-4,11-12,20H,1-2,5-10H2. The minimum Gasteiger partial charge on any atom is -0.458 e. The molecule has 0 bridgehead atoms. The average molecular weight is 305 g/mol. The van der Waals surface area contributed by atoms with Crippen LogP contribution in [0.1, 0.15) is 57.1 Å². The molecule has 2 aromatic rings. The van der Waals surface area contributed by atoms with Gasteiger partial charge in [0.15, 0.2) is 0 Å². The van der Waals surface area contributed by atoms with Gasteiger partial charge < -0.3 is 9.52 Å². The Morgan fingerprint density at radius 2 is 1.67 bits per heavy atom. The normalized spacial score (nSPS) is 23.9. The summed E-state index contributed by atoms with van der Waals surface area (Å²) in [5, 5.41) is 12.7. The summed E-state index contributed by atoms with van der Waals surface area (Å²) >= 11 is 6.03. The molecule has 0 aliphatic heterocycles. The van der Waals surface area contributed by atoms with Crippen LogP contribution in [0, 0.1) is 5.41 Å². The molecule has 1 aromatic carbocycles. The quantitative estimate of drug-likeness (QED) is 0.764. The van der Waals surface area contributed by atoms with Gasteiger partial charge in [0.05, 0.1) is 0 Å². The maximum absolute atomic E-state index is 11.0. The molecule has 0 radical (unpaired) electrons. The summed E-state index contributed by atoms with van der Waals surface area (Å²) in [5.41, 5.74) is 0.532. The average Bonchev–Trinajstić information content (AvgIpc) is 3.10. The molecule has 3 heteroatoms. The van der Waals surface area contributed by atoms with Crippen molar-refractivity contribution in [2.45, 2.75) is 57.0 Å². The highest BCUT2D eigenvalue weighted by molar-refractivity contribution is 6.31. The second-order valence-electron chi connectivity index (χ2n) is 7.03. The maximum Gasteiger partial charge on any atom is 0.136 e. The highest BCUT2D eigenvalue weighted by Gasteiger charge is 2.45. The van der Waals surface area contributed by atoms with Gasteiger partial charge in [-0.15, -0.1) is 0 Å². The van der Waals surface area contributed by atoms with Gasteiger partial charge in [0.2, 0.25) is 0 Å². The van der Waals surface area contributed by atoms with E-state index in [0.717, 1.165) is 36.7 Å². The monoisotopic (exact) mass is 304 g/mol. The van der Waals surface area contributed by atoms with Crippen molar-refractivity contribution in [3.8, 4) is 0 Å². The molecule has 1 heterocycles. The number of furan rings is 1. The molecule has 1 spiro atoms. The van der Waals surface area contributed by atoms with Crippen LogP contribution in [0.15, 0.2) is 28.7 Å². The van der Waals surface area contributed by atoms with Crippen LogP contribution < -0.4 is 0 Å². The molecule has 2 aliphatic rings. The molecule has 0 amide bonds. The van der Waals surface area contributed by atoms with Crippen molar-refractivity contribution in [1.29, 1.82) is 0 Å². The lowest BCUT2D eigenvalue weighted by Crippen LogP contribution is -2.35. The number of aliphatic hydroxyl groups is 1. The SMILES string of the molecule is OC1(c2cc3cc(Cl)ccc3o2)CCC2(CCCC2)CC1. The first-order chi connectivity index (χ1) is 10.1. The van der Waals surface area contributed by atoms with Gasteiger partial charge in [-0.3, -0.25) is 0 Å². The third kappa shape index (κ3) is 2.29. The van der Waals surface area contributed by atoms with Crippen LogP contribution >= 0.6 is 11.6 Å². The van der Waals surface area contributed by atoms with Gasteiger partial charge in [0, 0.05) is 10.4 Å². The fourth-order valence-corrected chi connectivity index (χ4v) is 4.49. The van der Waals surface area contributed by atoms with E-state index in [1.165, 1.54) is 25.7 Å². The molecule has 21 heavy (non-hydrogen) atoms. The minimum atomic E-state index is -0.792. The molecular weight excluding hydrogens is 284 g/mol. The smallest absolute Gasteiger partial charge is 0.136 e. The molecule has 2 fully saturated rings. The van der Waals surface area contributed by atoms with Gasteiger partial charge in [-0.25, -0.2) is 0 Å². The van der Waals surface area contributed by atoms with Crippen LogP contribution in [0.3, 0.4) is 0 Å². The van der Waals surface area contributed by atoms with E-state index in [0.29, 0.717) is 16.2 Å². The van der Waals surface area contributed by atoms with Crippen molar-refractivity contribution >= 4 is 22.6 Å². The number of benzene rings is 1. The minimum absolute atomic E-state index is 0.515. The lowest BCUT2D eigenvalue weighted by molar-refractivity contribution is -0.0518. The van der Waals surface area contributed by atoms with Crippen LogP contribution in [0.5, 0.6) is 0 Å². The van der Waals surface area contributed by atoms with Crippen LogP contribution in [0.2, 0.25) is 5.02 Å². The molecule has 2 saturated carbocycles. The second-order valence-corrected chi connectivity index (χ2v) is 7.47. The zero-order valence-corrected chi connectivity index (χ0v) is 13.0. The predicted octanol–water partition coefficient (Wildman–Crippen LogP) is 5.41. The van der Waals surface area contributed by atoms with Crippen molar-refractivity contribution in [2.75, 3.05) is 0 Å². The summed E-state index contributed by atoms with van der Waals surface area (Å²) < 4.78 is 5.91. The van der Waals surface area contributed by atoms with Gasteiger partial charge in [-0.2, -0.15) is 0 Å². The van der Waals surface area contributed by atoms with Gasteiger partial charge >= 0.3 is 0 Å². The molecule has 0 saturated heterocycles. The zero-order chi connectivity index (χ0) is 14.5. The molecule has 4 rings (SSSR count). The number of hydrogen-bond donors (Lipinski definition) is 1. The van der Waals surface area contributed by atoms with E-state index in [2.05, 4.69) is 0 Å². The van der Waals surface area contributed by atoms with Crippen molar-refractivity contribution in [3.05, 3.63) is 35.0 Å². The lowest BCUT2D eigenvalue weighted by Gasteiger charge is -2.41. The Labute approximate surface area is 130 Å². The van der Waals surface area contributed by atoms with Crippen LogP contribution in [0.4, 0.5) is 0 Å². The van der Waals surface area contributed by atoms with E-state index < -0.39 is 5.60 Å². The first kappa shape index (κ1) is 13.7. The third-order valence-electron chi connectivity index (χ3n) is 5.74. The molecule has 1 N–H and O–H groups in total. The largest absolute Gasteiger partial charge is 0.458 e. The number of fused-ring (bicyclic) bond motifs is 1. The van der Waals surface area contributed by atoms with Gasteiger partial charge in [-0.1, -0.05) is 24.4 Å². The van der Waals surface area contributed by atoms with Crippen LogP contribution in [-0.4, -0.2) is 5.11 Å². The first-order valence-corrected chi connectivity index (χ1v) is 8.39. The zero-order valence-electron chi connectivity index (χ0n) is 12.2. The fraction of sp³-hybridized carbons (Fsp3) is 0.556. The summed E-state index contributed by atoms with van der Waals surface area (Å²) in [7, 11) is 0. The fourth-order valence-electron chi connectivity index (χ4n) is 4.31. The van der Waals surface area contributed by atoms with Gasteiger partial charge in [-0.05, 0) is 68.2 Å². The summed E-state index contributed by atoms with van der Waals surface area (Å²) in [5.74, 6) is 0.715.